The first kappa shape index (κ1) is 19.3. The lowest BCUT2D eigenvalue weighted by atomic mass is 9.56. The van der Waals surface area contributed by atoms with E-state index in [1.165, 1.54) is 0 Å². The van der Waals surface area contributed by atoms with Crippen molar-refractivity contribution in [2.45, 2.75) is 82.1 Å². The highest BCUT2D eigenvalue weighted by Gasteiger charge is 2.60. The average Bonchev–Trinajstić information content (AvgIpc) is 2.89. The average molecular weight is 354 g/mol. The Hall–Kier alpha value is -0.450. The van der Waals surface area contributed by atoms with Crippen LogP contribution in [-0.4, -0.2) is 41.7 Å². The van der Waals surface area contributed by atoms with E-state index in [-0.39, 0.29) is 29.6 Å². The van der Waals surface area contributed by atoms with Gasteiger partial charge in [0, 0.05) is 12.3 Å². The van der Waals surface area contributed by atoms with Crippen LogP contribution in [0.15, 0.2) is 12.2 Å². The third-order valence-corrected chi connectivity index (χ3v) is 7.64. The van der Waals surface area contributed by atoms with Gasteiger partial charge < -0.3 is 15.5 Å². The maximum atomic E-state index is 15.6. The van der Waals surface area contributed by atoms with Gasteiger partial charge in [-0.1, -0.05) is 19.1 Å². The molecule has 4 rings (SSSR count). The molecule has 0 aromatic heterocycles. The van der Waals surface area contributed by atoms with E-state index in [1.807, 2.05) is 14.1 Å². The number of aliphatic hydroxyl groups excluding tert-OH is 1. The molecule has 0 saturated heterocycles. The molecule has 7 atom stereocenters. The molecule has 0 aliphatic heterocycles. The minimum atomic E-state index is -1.26. The van der Waals surface area contributed by atoms with Crippen LogP contribution in [0.25, 0.3) is 0 Å². The quantitative estimate of drug-likeness (QED) is 0.583. The van der Waals surface area contributed by atoms with Crippen LogP contribution in [0.2, 0.25) is 0 Å². The smallest absolute Gasteiger partial charge is 0.116 e. The topological polar surface area (TPSA) is 52.5 Å². The van der Waals surface area contributed by atoms with Gasteiger partial charge >= 0.3 is 0 Å². The van der Waals surface area contributed by atoms with E-state index in [9.17, 15) is 10.2 Å². The third-order valence-electron chi connectivity index (χ3n) is 7.64. The van der Waals surface area contributed by atoms with Crippen molar-refractivity contribution < 1.29 is 14.6 Å². The Balaban J connectivity index is 0.000000569. The molecule has 3 nitrogen and oxygen atoms in total. The molecule has 6 unspecified atom stereocenters. The lowest BCUT2D eigenvalue weighted by molar-refractivity contribution is -0.139. The van der Waals surface area contributed by atoms with Gasteiger partial charge in [0.2, 0.25) is 0 Å². The van der Waals surface area contributed by atoms with Crippen molar-refractivity contribution >= 4 is 0 Å². The van der Waals surface area contributed by atoms with Crippen molar-refractivity contribution in [2.75, 3.05) is 14.1 Å². The molecule has 3 N–H and O–H groups in total. The molecule has 0 radical (unpaired) electrons. The van der Waals surface area contributed by atoms with Crippen LogP contribution < -0.4 is 5.32 Å². The van der Waals surface area contributed by atoms with Crippen molar-refractivity contribution in [1.82, 2.24) is 5.32 Å². The molecule has 0 bridgehead atoms. The Bertz CT molecular complexity index is 512. The summed E-state index contributed by atoms with van der Waals surface area (Å²) in [7, 11) is 3.75. The number of aliphatic hydroxyl groups is 2. The second-order valence-corrected chi connectivity index (χ2v) is 9.33. The molecule has 0 spiro atoms. The maximum absolute atomic E-state index is 15.6. The fourth-order valence-corrected chi connectivity index (χ4v) is 6.35. The summed E-state index contributed by atoms with van der Waals surface area (Å²) in [5.41, 5.74) is -1.87. The van der Waals surface area contributed by atoms with Crippen LogP contribution in [0.5, 0.6) is 0 Å². The Kier molecular flexibility index (Phi) is 5.36. The van der Waals surface area contributed by atoms with Crippen molar-refractivity contribution in [2.24, 2.45) is 23.2 Å². The Morgan fingerprint density at radius 3 is 2.44 bits per heavy atom. The summed E-state index contributed by atoms with van der Waals surface area (Å²) in [5.74, 6) is 0.351. The fraction of sp³-hybridized carbons (Fsp3) is 0.905. The van der Waals surface area contributed by atoms with Crippen molar-refractivity contribution in [1.29, 1.82) is 0 Å². The molecule has 0 amide bonds. The molecule has 3 saturated carbocycles. The van der Waals surface area contributed by atoms with E-state index in [1.54, 1.807) is 0 Å². The standard InChI is InChI=1S/C19H29FO2.C2H7N/c1-17-8-2-3-16(17)19(22)10-7-13-4-5-15(21)12-18(13,20)11-14(19)6-9-17;1-3-2/h2,8,13-16,21-22H,3-7,9-12H2,1H3;3H,1-2H3/t13?,14?,15?,16?,17?,18?,19-;/m1./s1. The van der Waals surface area contributed by atoms with Crippen molar-refractivity contribution in [3.8, 4) is 0 Å². The minimum Gasteiger partial charge on any atom is -0.393 e. The van der Waals surface area contributed by atoms with Crippen LogP contribution in [0.3, 0.4) is 0 Å². The highest BCUT2D eigenvalue weighted by atomic mass is 19.1. The van der Waals surface area contributed by atoms with Gasteiger partial charge in [0.05, 0.1) is 11.7 Å². The number of rotatable bonds is 0. The first-order valence-corrected chi connectivity index (χ1v) is 10.1. The van der Waals surface area contributed by atoms with Gasteiger partial charge in [-0.2, -0.15) is 0 Å². The number of hydrogen-bond donors (Lipinski definition) is 3. The van der Waals surface area contributed by atoms with E-state index in [2.05, 4.69) is 24.4 Å². The number of hydrogen-bond acceptors (Lipinski definition) is 3. The molecule has 4 aliphatic carbocycles. The maximum Gasteiger partial charge on any atom is 0.116 e. The molecule has 25 heavy (non-hydrogen) atoms. The molecule has 4 aliphatic rings. The number of allylic oxidation sites excluding steroid dienone is 2. The number of fused-ring (bicyclic) bond motifs is 4. The lowest BCUT2D eigenvalue weighted by Crippen LogP contribution is -2.54. The van der Waals surface area contributed by atoms with E-state index < -0.39 is 17.4 Å². The van der Waals surface area contributed by atoms with Gasteiger partial charge in [0.25, 0.3) is 0 Å². The third kappa shape index (κ3) is 3.30. The molecule has 3 fully saturated rings. The molecule has 0 heterocycles. The Morgan fingerprint density at radius 2 is 1.72 bits per heavy atom. The molecule has 0 aromatic rings. The number of halogens is 1. The summed E-state index contributed by atoms with van der Waals surface area (Å²) in [6.45, 7) is 2.27. The van der Waals surface area contributed by atoms with Crippen LogP contribution in [0.4, 0.5) is 4.39 Å². The zero-order valence-corrected chi connectivity index (χ0v) is 16.1. The largest absolute Gasteiger partial charge is 0.393 e. The number of nitrogens with one attached hydrogen (secondary N) is 1. The molecular weight excluding hydrogens is 317 g/mol. The summed E-state index contributed by atoms with van der Waals surface area (Å²) in [6, 6.07) is 0. The molecular formula is C21H36FNO2. The van der Waals surface area contributed by atoms with E-state index >= 15 is 4.39 Å². The van der Waals surface area contributed by atoms with Crippen LogP contribution >= 0.6 is 0 Å². The van der Waals surface area contributed by atoms with Crippen LogP contribution in [0, 0.1) is 23.2 Å². The predicted octanol–water partition coefficient (Wildman–Crippen LogP) is 3.60. The van der Waals surface area contributed by atoms with Crippen LogP contribution in [-0.2, 0) is 0 Å². The van der Waals surface area contributed by atoms with Gasteiger partial charge in [-0.15, -0.1) is 0 Å². The zero-order valence-electron chi connectivity index (χ0n) is 16.1. The Labute approximate surface area is 152 Å². The zero-order chi connectivity index (χ0) is 18.3. The molecule has 4 heteroatoms. The van der Waals surface area contributed by atoms with E-state index in [0.717, 1.165) is 44.9 Å². The lowest BCUT2D eigenvalue weighted by Gasteiger charge is -2.52. The fourth-order valence-electron chi connectivity index (χ4n) is 6.35. The first-order chi connectivity index (χ1) is 11.8. The summed E-state index contributed by atoms with van der Waals surface area (Å²) in [6.07, 6.45) is 10.7. The summed E-state index contributed by atoms with van der Waals surface area (Å²) < 4.78 is 15.6. The van der Waals surface area contributed by atoms with E-state index in [0.29, 0.717) is 6.42 Å². The summed E-state index contributed by atoms with van der Waals surface area (Å²) in [4.78, 5) is 0. The molecule has 144 valence electrons. The normalized spacial score (nSPS) is 51.4. The first-order valence-electron chi connectivity index (χ1n) is 10.1. The Morgan fingerprint density at radius 1 is 1.04 bits per heavy atom. The summed E-state index contributed by atoms with van der Waals surface area (Å²) in [5, 5.41) is 24.3. The van der Waals surface area contributed by atoms with Gasteiger partial charge in [0.1, 0.15) is 5.67 Å². The predicted molar refractivity (Wildman–Crippen MR) is 99.0 cm³/mol. The van der Waals surface area contributed by atoms with Gasteiger partial charge in [0.15, 0.2) is 0 Å². The van der Waals surface area contributed by atoms with Crippen molar-refractivity contribution in [3.05, 3.63) is 12.2 Å². The van der Waals surface area contributed by atoms with Gasteiger partial charge in [-0.25, -0.2) is 4.39 Å². The number of alkyl halides is 1. The highest BCUT2D eigenvalue weighted by Crippen LogP contribution is 2.61. The van der Waals surface area contributed by atoms with E-state index in [4.69, 9.17) is 0 Å². The minimum absolute atomic E-state index is 0.0335. The second kappa shape index (κ2) is 6.94. The summed E-state index contributed by atoms with van der Waals surface area (Å²) >= 11 is 0. The van der Waals surface area contributed by atoms with Crippen molar-refractivity contribution in [3.63, 3.8) is 0 Å². The van der Waals surface area contributed by atoms with Gasteiger partial charge in [-0.3, -0.25) is 0 Å². The molecule has 0 aromatic carbocycles. The van der Waals surface area contributed by atoms with Gasteiger partial charge in [-0.05, 0) is 82.7 Å². The SMILES string of the molecule is CC12C=CCC1[C@@]1(O)CCC3CCC(O)CC3(F)CC1CC2.CNC. The monoisotopic (exact) mass is 353 g/mol. The highest BCUT2D eigenvalue weighted by molar-refractivity contribution is 5.19. The van der Waals surface area contributed by atoms with Crippen LogP contribution in [0.1, 0.15) is 64.7 Å². The second-order valence-electron chi connectivity index (χ2n) is 9.33.